The number of halogens is 1. The molecule has 26 heavy (non-hydrogen) atoms. The fourth-order valence-corrected chi connectivity index (χ4v) is 3.93. The fourth-order valence-electron chi connectivity index (χ4n) is 3.18. The zero-order valence-electron chi connectivity index (χ0n) is 14.3. The zero-order chi connectivity index (χ0) is 18.1. The third-order valence-electron chi connectivity index (χ3n) is 4.62. The van der Waals surface area contributed by atoms with E-state index in [0.717, 1.165) is 29.4 Å². The van der Waals surface area contributed by atoms with Crippen LogP contribution < -0.4 is 0 Å². The third-order valence-corrected chi connectivity index (χ3v) is 5.52. The Morgan fingerprint density at radius 2 is 2.04 bits per heavy atom. The molecule has 0 radical (unpaired) electrons. The van der Waals surface area contributed by atoms with Gasteiger partial charge in [0.1, 0.15) is 10.8 Å². The number of aromatic nitrogens is 4. The topological polar surface area (TPSA) is 63.4 Å². The van der Waals surface area contributed by atoms with Crippen LogP contribution in [0.4, 0.5) is 4.39 Å². The standard InChI is InChI=1S/C18H18FN5OS/c1-12-20-21-16-6-7-17(22-24(12)16)26-11-18(25)23-9-8-14(10-23)13-2-4-15(19)5-3-13/h2-7,14H,8-11H2,1H3. The summed E-state index contributed by atoms with van der Waals surface area (Å²) >= 11 is 1.41. The lowest BCUT2D eigenvalue weighted by Gasteiger charge is -2.16. The largest absolute Gasteiger partial charge is 0.341 e. The van der Waals surface area contributed by atoms with Crippen LogP contribution in [0.2, 0.25) is 0 Å². The lowest BCUT2D eigenvalue weighted by molar-refractivity contribution is -0.127. The highest BCUT2D eigenvalue weighted by atomic mass is 32.2. The number of aryl methyl sites for hydroxylation is 1. The summed E-state index contributed by atoms with van der Waals surface area (Å²) in [5.74, 6) is 1.20. The van der Waals surface area contributed by atoms with Crippen LogP contribution in [-0.2, 0) is 4.79 Å². The molecule has 1 amide bonds. The summed E-state index contributed by atoms with van der Waals surface area (Å²) in [6.45, 7) is 3.26. The van der Waals surface area contributed by atoms with Gasteiger partial charge in [0.2, 0.25) is 5.91 Å². The van der Waals surface area contributed by atoms with Gasteiger partial charge >= 0.3 is 0 Å². The minimum absolute atomic E-state index is 0.0991. The molecule has 1 aromatic carbocycles. The highest BCUT2D eigenvalue weighted by molar-refractivity contribution is 7.99. The summed E-state index contributed by atoms with van der Waals surface area (Å²) in [6.07, 6.45) is 0.909. The predicted molar refractivity (Wildman–Crippen MR) is 96.6 cm³/mol. The van der Waals surface area contributed by atoms with Crippen LogP contribution in [0.25, 0.3) is 5.65 Å². The number of carbonyl (C=O) groups excluding carboxylic acids is 1. The maximum absolute atomic E-state index is 13.1. The van der Waals surface area contributed by atoms with Gasteiger partial charge in [-0.3, -0.25) is 4.79 Å². The van der Waals surface area contributed by atoms with Crippen molar-refractivity contribution in [2.45, 2.75) is 24.3 Å². The molecule has 134 valence electrons. The molecule has 4 rings (SSSR count). The van der Waals surface area contributed by atoms with Gasteiger partial charge in [-0.1, -0.05) is 23.9 Å². The molecule has 1 fully saturated rings. The van der Waals surface area contributed by atoms with Crippen molar-refractivity contribution in [1.29, 1.82) is 0 Å². The molecule has 2 aromatic heterocycles. The van der Waals surface area contributed by atoms with Crippen LogP contribution in [0.15, 0.2) is 41.4 Å². The molecular weight excluding hydrogens is 353 g/mol. The Hall–Kier alpha value is -2.48. The molecule has 1 unspecified atom stereocenters. The molecule has 1 atom stereocenters. The van der Waals surface area contributed by atoms with E-state index in [1.165, 1.54) is 23.9 Å². The molecule has 0 bridgehead atoms. The number of amides is 1. The second kappa shape index (κ2) is 7.03. The number of hydrogen-bond acceptors (Lipinski definition) is 5. The summed E-state index contributed by atoms with van der Waals surface area (Å²) in [5.41, 5.74) is 1.78. The third kappa shape index (κ3) is 3.41. The maximum atomic E-state index is 13.1. The predicted octanol–water partition coefficient (Wildman–Crippen LogP) is 2.68. The number of fused-ring (bicyclic) bond motifs is 1. The van der Waals surface area contributed by atoms with Crippen molar-refractivity contribution in [1.82, 2.24) is 24.7 Å². The number of hydrogen-bond donors (Lipinski definition) is 0. The van der Waals surface area contributed by atoms with E-state index < -0.39 is 0 Å². The number of carbonyl (C=O) groups is 1. The van der Waals surface area contributed by atoms with Crippen molar-refractivity contribution in [2.75, 3.05) is 18.8 Å². The Labute approximate surface area is 154 Å². The number of nitrogens with zero attached hydrogens (tertiary/aromatic N) is 5. The van der Waals surface area contributed by atoms with Gasteiger partial charge in [0.25, 0.3) is 0 Å². The second-order valence-electron chi connectivity index (χ2n) is 6.35. The SMILES string of the molecule is Cc1nnc2ccc(SCC(=O)N3CCC(c4ccc(F)cc4)C3)nn12. The normalized spacial score (nSPS) is 17.2. The highest BCUT2D eigenvalue weighted by Crippen LogP contribution is 2.28. The number of thioether (sulfide) groups is 1. The van der Waals surface area contributed by atoms with Crippen LogP contribution in [-0.4, -0.2) is 49.5 Å². The van der Waals surface area contributed by atoms with Gasteiger partial charge < -0.3 is 4.90 Å². The molecule has 0 N–H and O–H groups in total. The van der Waals surface area contributed by atoms with E-state index in [1.54, 1.807) is 4.52 Å². The van der Waals surface area contributed by atoms with E-state index >= 15 is 0 Å². The molecule has 3 aromatic rings. The van der Waals surface area contributed by atoms with Gasteiger partial charge in [0, 0.05) is 19.0 Å². The molecule has 6 nitrogen and oxygen atoms in total. The molecule has 0 spiro atoms. The summed E-state index contributed by atoms with van der Waals surface area (Å²) in [6, 6.07) is 10.3. The van der Waals surface area contributed by atoms with Crippen molar-refractivity contribution in [3.63, 3.8) is 0 Å². The van der Waals surface area contributed by atoms with E-state index in [9.17, 15) is 9.18 Å². The van der Waals surface area contributed by atoms with Gasteiger partial charge in [-0.15, -0.1) is 10.2 Å². The Balaban J connectivity index is 1.36. The van der Waals surface area contributed by atoms with Crippen molar-refractivity contribution in [3.05, 3.63) is 53.6 Å². The summed E-state index contributed by atoms with van der Waals surface area (Å²) < 4.78 is 14.7. The second-order valence-corrected chi connectivity index (χ2v) is 7.35. The van der Waals surface area contributed by atoms with Crippen LogP contribution in [0.1, 0.15) is 23.7 Å². The Kier molecular flexibility index (Phi) is 4.58. The van der Waals surface area contributed by atoms with Crippen molar-refractivity contribution in [3.8, 4) is 0 Å². The first-order valence-electron chi connectivity index (χ1n) is 8.45. The molecule has 1 saturated heterocycles. The molecule has 8 heteroatoms. The average molecular weight is 371 g/mol. The van der Waals surface area contributed by atoms with E-state index in [4.69, 9.17) is 0 Å². The molecule has 0 aliphatic carbocycles. The molecule has 1 aliphatic heterocycles. The highest BCUT2D eigenvalue weighted by Gasteiger charge is 2.27. The summed E-state index contributed by atoms with van der Waals surface area (Å²) in [4.78, 5) is 14.4. The van der Waals surface area contributed by atoms with Gasteiger partial charge in [0.05, 0.1) is 5.75 Å². The first kappa shape index (κ1) is 17.0. The van der Waals surface area contributed by atoms with E-state index in [-0.39, 0.29) is 17.6 Å². The van der Waals surface area contributed by atoms with Gasteiger partial charge in [-0.05, 0) is 43.2 Å². The van der Waals surface area contributed by atoms with E-state index in [2.05, 4.69) is 15.3 Å². The first-order valence-corrected chi connectivity index (χ1v) is 9.44. The number of benzene rings is 1. The quantitative estimate of drug-likeness (QED) is 0.660. The first-order chi connectivity index (χ1) is 12.6. The van der Waals surface area contributed by atoms with Crippen molar-refractivity contribution in [2.24, 2.45) is 0 Å². The van der Waals surface area contributed by atoms with Crippen LogP contribution >= 0.6 is 11.8 Å². The van der Waals surface area contributed by atoms with Crippen LogP contribution in [0.5, 0.6) is 0 Å². The van der Waals surface area contributed by atoms with Crippen LogP contribution in [0.3, 0.4) is 0 Å². The van der Waals surface area contributed by atoms with E-state index in [1.807, 2.05) is 36.1 Å². The lowest BCUT2D eigenvalue weighted by Crippen LogP contribution is -2.30. The molecule has 1 aliphatic rings. The summed E-state index contributed by atoms with van der Waals surface area (Å²) in [7, 11) is 0. The van der Waals surface area contributed by atoms with Gasteiger partial charge in [-0.2, -0.15) is 9.61 Å². The molecule has 0 saturated carbocycles. The Morgan fingerprint density at radius 1 is 1.23 bits per heavy atom. The van der Waals surface area contributed by atoms with Crippen molar-refractivity contribution < 1.29 is 9.18 Å². The Morgan fingerprint density at radius 3 is 2.85 bits per heavy atom. The molecule has 3 heterocycles. The minimum Gasteiger partial charge on any atom is -0.341 e. The summed E-state index contributed by atoms with van der Waals surface area (Å²) in [5, 5.41) is 13.2. The van der Waals surface area contributed by atoms with Gasteiger partial charge in [-0.25, -0.2) is 4.39 Å². The monoisotopic (exact) mass is 371 g/mol. The number of rotatable bonds is 4. The number of likely N-dealkylation sites (tertiary alicyclic amines) is 1. The fraction of sp³-hybridized carbons (Fsp3) is 0.333. The van der Waals surface area contributed by atoms with E-state index in [0.29, 0.717) is 17.9 Å². The Bertz CT molecular complexity index is 942. The molecular formula is C18H18FN5OS. The lowest BCUT2D eigenvalue weighted by atomic mass is 9.99. The minimum atomic E-state index is -0.233. The smallest absolute Gasteiger partial charge is 0.233 e. The van der Waals surface area contributed by atoms with Gasteiger partial charge in [0.15, 0.2) is 11.5 Å². The van der Waals surface area contributed by atoms with Crippen molar-refractivity contribution >= 4 is 23.3 Å². The maximum Gasteiger partial charge on any atom is 0.233 e. The average Bonchev–Trinajstić information content (AvgIpc) is 3.28. The van der Waals surface area contributed by atoms with Crippen LogP contribution in [0, 0.1) is 12.7 Å². The zero-order valence-corrected chi connectivity index (χ0v) is 15.1.